The summed E-state index contributed by atoms with van der Waals surface area (Å²) in [4.78, 5) is 20.8. The van der Waals surface area contributed by atoms with E-state index < -0.39 is 0 Å². The highest BCUT2D eigenvalue weighted by Crippen LogP contribution is 2.18. The van der Waals surface area contributed by atoms with Gasteiger partial charge in [0.25, 0.3) is 0 Å². The van der Waals surface area contributed by atoms with Gasteiger partial charge >= 0.3 is 0 Å². The molecule has 0 bridgehead atoms. The number of aromatic nitrogens is 3. The SMILES string of the molecule is N#Cc1cccnc1N1CCCN(C(=O)CCn2cccn2)CC1. The summed E-state index contributed by atoms with van der Waals surface area (Å²) >= 11 is 0. The normalized spacial score (nSPS) is 15.0. The molecule has 0 radical (unpaired) electrons. The quantitative estimate of drug-likeness (QED) is 0.846. The van der Waals surface area contributed by atoms with Crippen LogP contribution in [0.2, 0.25) is 0 Å². The first kappa shape index (κ1) is 16.0. The lowest BCUT2D eigenvalue weighted by atomic mass is 10.2. The Hall–Kier alpha value is -2.88. The molecule has 1 aliphatic rings. The van der Waals surface area contributed by atoms with Crippen LogP contribution in [0.5, 0.6) is 0 Å². The Morgan fingerprint density at radius 1 is 1.21 bits per heavy atom. The van der Waals surface area contributed by atoms with E-state index in [9.17, 15) is 10.1 Å². The average molecular weight is 324 g/mol. The van der Waals surface area contributed by atoms with Crippen LogP contribution in [-0.2, 0) is 11.3 Å². The highest BCUT2D eigenvalue weighted by atomic mass is 16.2. The molecule has 0 atom stereocenters. The minimum Gasteiger partial charge on any atom is -0.354 e. The van der Waals surface area contributed by atoms with Gasteiger partial charge in [0.15, 0.2) is 0 Å². The maximum absolute atomic E-state index is 12.4. The second kappa shape index (κ2) is 7.59. The molecule has 0 saturated carbocycles. The molecule has 2 aromatic heterocycles. The minimum absolute atomic E-state index is 0.147. The summed E-state index contributed by atoms with van der Waals surface area (Å²) in [5.74, 6) is 0.861. The number of nitriles is 1. The second-order valence-corrected chi connectivity index (χ2v) is 5.73. The highest BCUT2D eigenvalue weighted by molar-refractivity contribution is 5.76. The molecule has 3 rings (SSSR count). The van der Waals surface area contributed by atoms with Crippen molar-refractivity contribution in [3.05, 3.63) is 42.4 Å². The zero-order valence-corrected chi connectivity index (χ0v) is 13.5. The van der Waals surface area contributed by atoms with Gasteiger partial charge in [-0.1, -0.05) is 0 Å². The standard InChI is InChI=1S/C17H20N6O/c18-14-15-4-1-6-19-17(15)22-9-3-8-21(12-13-22)16(24)5-11-23-10-2-7-20-23/h1-2,4,6-7,10H,3,5,8-9,11-13H2. The molecule has 3 heterocycles. The van der Waals surface area contributed by atoms with Crippen LogP contribution in [-0.4, -0.2) is 51.8 Å². The molecule has 1 amide bonds. The van der Waals surface area contributed by atoms with Crippen LogP contribution in [0.4, 0.5) is 5.82 Å². The van der Waals surface area contributed by atoms with E-state index in [1.54, 1.807) is 29.2 Å². The van der Waals surface area contributed by atoms with E-state index in [4.69, 9.17) is 0 Å². The Kier molecular flexibility index (Phi) is 5.06. The second-order valence-electron chi connectivity index (χ2n) is 5.73. The number of anilines is 1. The van der Waals surface area contributed by atoms with Crippen molar-refractivity contribution in [3.63, 3.8) is 0 Å². The molecular weight excluding hydrogens is 304 g/mol. The zero-order valence-electron chi connectivity index (χ0n) is 13.5. The van der Waals surface area contributed by atoms with Gasteiger partial charge in [-0.2, -0.15) is 10.4 Å². The van der Waals surface area contributed by atoms with Crippen molar-refractivity contribution in [2.75, 3.05) is 31.1 Å². The molecular formula is C17H20N6O. The van der Waals surface area contributed by atoms with Gasteiger partial charge in [0.1, 0.15) is 11.9 Å². The fraction of sp³-hybridized carbons (Fsp3) is 0.412. The van der Waals surface area contributed by atoms with Gasteiger partial charge in [-0.05, 0) is 24.6 Å². The smallest absolute Gasteiger partial charge is 0.224 e. The minimum atomic E-state index is 0.147. The predicted octanol–water partition coefficient (Wildman–Crippen LogP) is 1.28. The van der Waals surface area contributed by atoms with Gasteiger partial charge in [0, 0.05) is 57.7 Å². The van der Waals surface area contributed by atoms with Crippen molar-refractivity contribution in [1.29, 1.82) is 5.26 Å². The van der Waals surface area contributed by atoms with Crippen molar-refractivity contribution in [2.45, 2.75) is 19.4 Å². The van der Waals surface area contributed by atoms with Crippen LogP contribution >= 0.6 is 0 Å². The summed E-state index contributed by atoms with van der Waals surface area (Å²) in [7, 11) is 0. The first-order valence-corrected chi connectivity index (χ1v) is 8.13. The molecule has 0 aromatic carbocycles. The number of hydrogen-bond donors (Lipinski definition) is 0. The number of pyridine rings is 1. The third-order valence-corrected chi connectivity index (χ3v) is 4.17. The first-order chi connectivity index (χ1) is 11.8. The maximum Gasteiger partial charge on any atom is 0.224 e. The number of carbonyl (C=O) groups is 1. The summed E-state index contributed by atoms with van der Waals surface area (Å²) in [6.45, 7) is 3.49. The molecule has 1 fully saturated rings. The van der Waals surface area contributed by atoms with Crippen LogP contribution in [0.15, 0.2) is 36.8 Å². The molecule has 7 nitrogen and oxygen atoms in total. The van der Waals surface area contributed by atoms with Gasteiger partial charge in [-0.15, -0.1) is 0 Å². The van der Waals surface area contributed by atoms with Crippen molar-refractivity contribution < 1.29 is 4.79 Å². The average Bonchev–Trinajstić information content (AvgIpc) is 3.02. The Labute approximate surface area is 141 Å². The Bertz CT molecular complexity index is 721. The summed E-state index contributed by atoms with van der Waals surface area (Å²) in [6, 6.07) is 7.59. The van der Waals surface area contributed by atoms with Crippen LogP contribution in [0.3, 0.4) is 0 Å². The van der Waals surface area contributed by atoms with Gasteiger partial charge in [0.2, 0.25) is 5.91 Å². The maximum atomic E-state index is 12.4. The molecule has 1 saturated heterocycles. The van der Waals surface area contributed by atoms with Crippen LogP contribution in [0.1, 0.15) is 18.4 Å². The van der Waals surface area contributed by atoms with Gasteiger partial charge < -0.3 is 9.80 Å². The molecule has 0 unspecified atom stereocenters. The van der Waals surface area contributed by atoms with E-state index in [2.05, 4.69) is 21.1 Å². The summed E-state index contributed by atoms with van der Waals surface area (Å²) in [5, 5.41) is 13.4. The van der Waals surface area contributed by atoms with E-state index >= 15 is 0 Å². The van der Waals surface area contributed by atoms with Crippen LogP contribution in [0.25, 0.3) is 0 Å². The lowest BCUT2D eigenvalue weighted by Gasteiger charge is -2.23. The Morgan fingerprint density at radius 2 is 2.12 bits per heavy atom. The Morgan fingerprint density at radius 3 is 2.92 bits per heavy atom. The van der Waals surface area contributed by atoms with Crippen LogP contribution in [0, 0.1) is 11.3 Å². The molecule has 0 spiro atoms. The fourth-order valence-electron chi connectivity index (χ4n) is 2.92. The lowest BCUT2D eigenvalue weighted by molar-refractivity contribution is -0.131. The molecule has 0 N–H and O–H groups in total. The van der Waals surface area contributed by atoms with Crippen molar-refractivity contribution >= 4 is 11.7 Å². The number of hydrogen-bond acceptors (Lipinski definition) is 5. The van der Waals surface area contributed by atoms with Crippen LogP contribution < -0.4 is 4.90 Å². The number of rotatable bonds is 4. The molecule has 24 heavy (non-hydrogen) atoms. The molecule has 2 aromatic rings. The van der Waals surface area contributed by atoms with E-state index in [-0.39, 0.29) is 5.91 Å². The largest absolute Gasteiger partial charge is 0.354 e. The third-order valence-electron chi connectivity index (χ3n) is 4.17. The van der Waals surface area contributed by atoms with Gasteiger partial charge in [-0.25, -0.2) is 4.98 Å². The first-order valence-electron chi connectivity index (χ1n) is 8.13. The number of aryl methyl sites for hydroxylation is 1. The van der Waals surface area contributed by atoms with Crippen molar-refractivity contribution in [3.8, 4) is 6.07 Å². The summed E-state index contributed by atoms with van der Waals surface area (Å²) < 4.78 is 1.77. The summed E-state index contributed by atoms with van der Waals surface area (Å²) in [5.41, 5.74) is 0.580. The molecule has 7 heteroatoms. The fourth-order valence-corrected chi connectivity index (χ4v) is 2.92. The van der Waals surface area contributed by atoms with E-state index in [0.29, 0.717) is 37.4 Å². The van der Waals surface area contributed by atoms with Crippen molar-refractivity contribution in [2.24, 2.45) is 0 Å². The monoisotopic (exact) mass is 324 g/mol. The topological polar surface area (TPSA) is 78.0 Å². The van der Waals surface area contributed by atoms with Gasteiger partial charge in [-0.3, -0.25) is 9.48 Å². The van der Waals surface area contributed by atoms with E-state index in [1.807, 2.05) is 17.2 Å². The summed E-state index contributed by atoms with van der Waals surface area (Å²) in [6.07, 6.45) is 6.60. The van der Waals surface area contributed by atoms with Crippen molar-refractivity contribution in [1.82, 2.24) is 19.7 Å². The predicted molar refractivity (Wildman–Crippen MR) is 89.2 cm³/mol. The van der Waals surface area contributed by atoms with E-state index in [0.717, 1.165) is 19.5 Å². The Balaban J connectivity index is 1.58. The molecule has 0 aliphatic carbocycles. The molecule has 1 aliphatic heterocycles. The number of amides is 1. The third kappa shape index (κ3) is 3.71. The zero-order chi connectivity index (χ0) is 16.8. The van der Waals surface area contributed by atoms with E-state index in [1.165, 1.54) is 0 Å². The number of carbonyl (C=O) groups excluding carboxylic acids is 1. The molecule has 124 valence electrons. The highest BCUT2D eigenvalue weighted by Gasteiger charge is 2.21. The van der Waals surface area contributed by atoms with Gasteiger partial charge in [0.05, 0.1) is 5.56 Å². The number of nitrogens with zero attached hydrogens (tertiary/aromatic N) is 6. The lowest BCUT2D eigenvalue weighted by Crippen LogP contribution is -2.36.